The highest BCUT2D eigenvalue weighted by Crippen LogP contribution is 2.04. The Morgan fingerprint density at radius 2 is 1.77 bits per heavy atom. The van der Waals surface area contributed by atoms with Gasteiger partial charge >= 0.3 is 0 Å². The second-order valence-electron chi connectivity index (χ2n) is 3.57. The molecule has 0 amide bonds. The van der Waals surface area contributed by atoms with Crippen LogP contribution in [0, 0.1) is 12.3 Å². The second-order valence-corrected chi connectivity index (χ2v) is 3.57. The van der Waals surface area contributed by atoms with Crippen LogP contribution in [0.4, 0.5) is 0 Å². The lowest BCUT2D eigenvalue weighted by Crippen LogP contribution is -2.36. The van der Waals surface area contributed by atoms with E-state index in [0.717, 1.165) is 12.8 Å². The standard InChI is InChI=1S/C12H23N/c1-5-9-11(7-3)13-12(8-4)10-6-2/h3,11-13H,5-6,8-10H2,1-2,4H3. The summed E-state index contributed by atoms with van der Waals surface area (Å²) in [6, 6.07) is 0.888. The Morgan fingerprint density at radius 1 is 1.15 bits per heavy atom. The Kier molecular flexibility index (Phi) is 7.83. The van der Waals surface area contributed by atoms with Crippen LogP contribution in [-0.4, -0.2) is 12.1 Å². The van der Waals surface area contributed by atoms with Crippen LogP contribution in [0.5, 0.6) is 0 Å². The lowest BCUT2D eigenvalue weighted by molar-refractivity contribution is 0.422. The molecule has 0 fully saturated rings. The molecule has 13 heavy (non-hydrogen) atoms. The highest BCUT2D eigenvalue weighted by atomic mass is 14.9. The van der Waals surface area contributed by atoms with Crippen molar-refractivity contribution in [2.75, 3.05) is 0 Å². The van der Waals surface area contributed by atoms with Crippen molar-refractivity contribution in [1.82, 2.24) is 5.32 Å². The fourth-order valence-electron chi connectivity index (χ4n) is 1.54. The van der Waals surface area contributed by atoms with Crippen LogP contribution in [0.1, 0.15) is 52.9 Å². The molecule has 0 aromatic heterocycles. The van der Waals surface area contributed by atoms with E-state index in [0.29, 0.717) is 6.04 Å². The summed E-state index contributed by atoms with van der Waals surface area (Å²) in [6.07, 6.45) is 11.3. The Labute approximate surface area is 83.3 Å². The fraction of sp³-hybridized carbons (Fsp3) is 0.833. The third kappa shape index (κ3) is 5.71. The lowest BCUT2D eigenvalue weighted by Gasteiger charge is -2.20. The van der Waals surface area contributed by atoms with Gasteiger partial charge in [0.05, 0.1) is 6.04 Å². The monoisotopic (exact) mass is 181 g/mol. The largest absolute Gasteiger partial charge is 0.301 e. The molecule has 0 heterocycles. The maximum absolute atomic E-state index is 5.45. The Bertz CT molecular complexity index is 146. The molecular weight excluding hydrogens is 158 g/mol. The van der Waals surface area contributed by atoms with E-state index in [2.05, 4.69) is 32.0 Å². The van der Waals surface area contributed by atoms with Gasteiger partial charge in [-0.2, -0.15) is 0 Å². The van der Waals surface area contributed by atoms with Gasteiger partial charge in [0.15, 0.2) is 0 Å². The molecule has 76 valence electrons. The van der Waals surface area contributed by atoms with Gasteiger partial charge in [-0.25, -0.2) is 0 Å². The minimum atomic E-state index is 0.279. The minimum Gasteiger partial charge on any atom is -0.301 e. The summed E-state index contributed by atoms with van der Waals surface area (Å²) in [5.74, 6) is 2.82. The highest BCUT2D eigenvalue weighted by molar-refractivity contribution is 4.99. The maximum atomic E-state index is 5.45. The quantitative estimate of drug-likeness (QED) is 0.595. The van der Waals surface area contributed by atoms with Gasteiger partial charge in [0.2, 0.25) is 0 Å². The van der Waals surface area contributed by atoms with E-state index in [1.54, 1.807) is 0 Å². The van der Waals surface area contributed by atoms with E-state index in [9.17, 15) is 0 Å². The van der Waals surface area contributed by atoms with E-state index in [1.807, 2.05) is 0 Å². The van der Waals surface area contributed by atoms with Gasteiger partial charge < -0.3 is 5.32 Å². The van der Waals surface area contributed by atoms with E-state index in [-0.39, 0.29) is 6.04 Å². The molecule has 0 rings (SSSR count). The summed E-state index contributed by atoms with van der Waals surface area (Å²) < 4.78 is 0. The molecule has 0 aliphatic rings. The minimum absolute atomic E-state index is 0.279. The lowest BCUT2D eigenvalue weighted by atomic mass is 10.1. The van der Waals surface area contributed by atoms with Crippen LogP contribution < -0.4 is 5.32 Å². The number of terminal acetylenes is 1. The van der Waals surface area contributed by atoms with Gasteiger partial charge in [-0.1, -0.05) is 39.5 Å². The first-order chi connectivity index (χ1) is 6.28. The van der Waals surface area contributed by atoms with Gasteiger partial charge in [0, 0.05) is 6.04 Å². The van der Waals surface area contributed by atoms with Gasteiger partial charge in [-0.3, -0.25) is 0 Å². The second kappa shape index (κ2) is 8.13. The van der Waals surface area contributed by atoms with Crippen molar-refractivity contribution in [3.63, 3.8) is 0 Å². The Hall–Kier alpha value is -0.480. The van der Waals surface area contributed by atoms with Gasteiger partial charge in [0.1, 0.15) is 0 Å². The zero-order chi connectivity index (χ0) is 10.1. The third-order valence-corrected chi connectivity index (χ3v) is 2.35. The smallest absolute Gasteiger partial charge is 0.0688 e. The third-order valence-electron chi connectivity index (χ3n) is 2.35. The Morgan fingerprint density at radius 3 is 2.15 bits per heavy atom. The van der Waals surface area contributed by atoms with E-state index >= 15 is 0 Å². The van der Waals surface area contributed by atoms with Crippen LogP contribution in [-0.2, 0) is 0 Å². The van der Waals surface area contributed by atoms with E-state index in [4.69, 9.17) is 6.42 Å². The summed E-state index contributed by atoms with van der Waals surface area (Å²) in [4.78, 5) is 0. The molecule has 0 bridgehead atoms. The van der Waals surface area contributed by atoms with Crippen molar-refractivity contribution >= 4 is 0 Å². The molecule has 0 aliphatic heterocycles. The number of nitrogens with one attached hydrogen (secondary N) is 1. The molecule has 0 spiro atoms. The zero-order valence-electron chi connectivity index (χ0n) is 9.27. The average Bonchev–Trinajstić information content (AvgIpc) is 2.16. The molecule has 2 unspecified atom stereocenters. The first-order valence-corrected chi connectivity index (χ1v) is 5.50. The van der Waals surface area contributed by atoms with Crippen molar-refractivity contribution < 1.29 is 0 Å². The number of rotatable bonds is 7. The SMILES string of the molecule is C#CC(CCC)NC(CC)CCC. The van der Waals surface area contributed by atoms with Crippen molar-refractivity contribution in [3.8, 4) is 12.3 Å². The summed E-state index contributed by atoms with van der Waals surface area (Å²) in [7, 11) is 0. The molecule has 2 atom stereocenters. The molecule has 1 nitrogen and oxygen atoms in total. The topological polar surface area (TPSA) is 12.0 Å². The first-order valence-electron chi connectivity index (χ1n) is 5.50. The van der Waals surface area contributed by atoms with Crippen LogP contribution in [0.25, 0.3) is 0 Å². The first kappa shape index (κ1) is 12.5. The van der Waals surface area contributed by atoms with Crippen molar-refractivity contribution in [2.45, 2.75) is 65.0 Å². The Balaban J connectivity index is 3.82. The van der Waals surface area contributed by atoms with Crippen LogP contribution in [0.3, 0.4) is 0 Å². The molecular formula is C12H23N. The molecule has 0 aromatic rings. The maximum Gasteiger partial charge on any atom is 0.0688 e. The number of hydrogen-bond donors (Lipinski definition) is 1. The molecule has 0 saturated heterocycles. The zero-order valence-corrected chi connectivity index (χ0v) is 9.27. The van der Waals surface area contributed by atoms with E-state index < -0.39 is 0 Å². The van der Waals surface area contributed by atoms with E-state index in [1.165, 1.54) is 19.3 Å². The van der Waals surface area contributed by atoms with Gasteiger partial charge in [0.25, 0.3) is 0 Å². The molecule has 1 N–H and O–H groups in total. The van der Waals surface area contributed by atoms with Crippen molar-refractivity contribution in [2.24, 2.45) is 0 Å². The normalized spacial score (nSPS) is 14.9. The molecule has 0 aromatic carbocycles. The molecule has 1 heteroatoms. The van der Waals surface area contributed by atoms with Crippen molar-refractivity contribution in [3.05, 3.63) is 0 Å². The number of hydrogen-bond acceptors (Lipinski definition) is 1. The fourth-order valence-corrected chi connectivity index (χ4v) is 1.54. The summed E-state index contributed by atoms with van der Waals surface area (Å²) >= 11 is 0. The highest BCUT2D eigenvalue weighted by Gasteiger charge is 2.09. The predicted molar refractivity (Wildman–Crippen MR) is 59.7 cm³/mol. The molecule has 0 aliphatic carbocycles. The summed E-state index contributed by atoms with van der Waals surface area (Å²) in [5, 5.41) is 3.52. The van der Waals surface area contributed by atoms with Crippen LogP contribution >= 0.6 is 0 Å². The van der Waals surface area contributed by atoms with Gasteiger partial charge in [-0.05, 0) is 19.3 Å². The van der Waals surface area contributed by atoms with Crippen LogP contribution in [0.2, 0.25) is 0 Å². The molecule has 0 saturated carbocycles. The summed E-state index contributed by atoms with van der Waals surface area (Å²) in [6.45, 7) is 6.61. The average molecular weight is 181 g/mol. The van der Waals surface area contributed by atoms with Gasteiger partial charge in [-0.15, -0.1) is 6.42 Å². The van der Waals surface area contributed by atoms with Crippen LogP contribution in [0.15, 0.2) is 0 Å². The molecule has 0 radical (unpaired) electrons. The summed E-state index contributed by atoms with van der Waals surface area (Å²) in [5.41, 5.74) is 0. The van der Waals surface area contributed by atoms with Crippen molar-refractivity contribution in [1.29, 1.82) is 0 Å². The predicted octanol–water partition coefficient (Wildman–Crippen LogP) is 2.96.